The van der Waals surface area contributed by atoms with E-state index in [1.165, 1.54) is 28.6 Å². The largest absolute Gasteiger partial charge is 0.388 e. The molecule has 3 heterocycles. The Morgan fingerprint density at radius 1 is 1.02 bits per heavy atom. The van der Waals surface area contributed by atoms with Gasteiger partial charge in [0, 0.05) is 37.1 Å². The summed E-state index contributed by atoms with van der Waals surface area (Å²) in [6.07, 6.45) is 4.05. The lowest BCUT2D eigenvalue weighted by molar-refractivity contribution is -0.0342. The first kappa shape index (κ1) is 28.3. The molecule has 5 rings (SSSR count). The number of aromatic nitrogens is 2. The Hall–Kier alpha value is -3.19. The van der Waals surface area contributed by atoms with Crippen LogP contribution in [-0.4, -0.2) is 70.5 Å². The molecule has 1 aromatic heterocycles. The van der Waals surface area contributed by atoms with E-state index in [1.807, 2.05) is 0 Å². The van der Waals surface area contributed by atoms with Gasteiger partial charge in [0.15, 0.2) is 11.6 Å². The van der Waals surface area contributed by atoms with Crippen molar-refractivity contribution in [1.29, 1.82) is 0 Å². The second-order valence-corrected chi connectivity index (χ2v) is 12.7. The molecule has 12 heteroatoms. The van der Waals surface area contributed by atoms with Gasteiger partial charge in [0.1, 0.15) is 5.82 Å². The third kappa shape index (κ3) is 6.25. The van der Waals surface area contributed by atoms with Gasteiger partial charge in [-0.1, -0.05) is 0 Å². The van der Waals surface area contributed by atoms with E-state index in [4.69, 9.17) is 0 Å². The van der Waals surface area contributed by atoms with E-state index in [-0.39, 0.29) is 35.6 Å². The normalized spacial score (nSPS) is 20.0. The van der Waals surface area contributed by atoms with Crippen LogP contribution in [0.4, 0.5) is 31.9 Å². The van der Waals surface area contributed by atoms with Crippen LogP contribution in [0.1, 0.15) is 38.2 Å². The summed E-state index contributed by atoms with van der Waals surface area (Å²) in [5.74, 6) is -1.04. The number of aliphatic hydroxyl groups is 1. The Labute approximate surface area is 233 Å². The summed E-state index contributed by atoms with van der Waals surface area (Å²) in [6.45, 7) is 5.84. The molecule has 0 unspecified atom stereocenters. The standard InChI is InChI=1S/C28H34F2N6O3S/c1-19-16-22(7-10-24(19)29)32-26-25(30)17-31-27(34-26)33-21-5-8-23(9-6-21)40(38,39)36-14-11-28(37,12-15-36)18-35-13-3-4-20(35)2/h5-10,16-17,20,37H,3-4,11-15,18H2,1-2H3,(H2,31,32,33,34)/t20-/m1/s1. The van der Waals surface area contributed by atoms with E-state index in [0.29, 0.717) is 42.4 Å². The van der Waals surface area contributed by atoms with Crippen molar-refractivity contribution in [2.75, 3.05) is 36.8 Å². The van der Waals surface area contributed by atoms with Crippen molar-refractivity contribution in [3.05, 3.63) is 65.9 Å². The summed E-state index contributed by atoms with van der Waals surface area (Å²) >= 11 is 0. The van der Waals surface area contributed by atoms with Gasteiger partial charge in [0.05, 0.1) is 16.7 Å². The van der Waals surface area contributed by atoms with E-state index in [0.717, 1.165) is 25.6 Å². The molecule has 0 radical (unpaired) electrons. The van der Waals surface area contributed by atoms with E-state index in [2.05, 4.69) is 32.4 Å². The van der Waals surface area contributed by atoms with Crippen LogP contribution < -0.4 is 10.6 Å². The van der Waals surface area contributed by atoms with Crippen LogP contribution in [-0.2, 0) is 10.0 Å². The average molecular weight is 573 g/mol. The van der Waals surface area contributed by atoms with Crippen LogP contribution in [0.25, 0.3) is 0 Å². The van der Waals surface area contributed by atoms with Crippen molar-refractivity contribution in [2.45, 2.75) is 56.1 Å². The highest BCUT2D eigenvalue weighted by atomic mass is 32.2. The number of likely N-dealkylation sites (tertiary alicyclic amines) is 1. The number of nitrogens with one attached hydrogen (secondary N) is 2. The highest BCUT2D eigenvalue weighted by Gasteiger charge is 2.39. The minimum Gasteiger partial charge on any atom is -0.388 e. The first-order valence-corrected chi connectivity index (χ1v) is 14.9. The van der Waals surface area contributed by atoms with Gasteiger partial charge in [0.2, 0.25) is 16.0 Å². The van der Waals surface area contributed by atoms with E-state index in [9.17, 15) is 22.3 Å². The first-order valence-electron chi connectivity index (χ1n) is 13.4. The summed E-state index contributed by atoms with van der Waals surface area (Å²) in [4.78, 5) is 10.6. The molecule has 0 spiro atoms. The minimum absolute atomic E-state index is 0.0908. The molecule has 2 saturated heterocycles. The Morgan fingerprint density at radius 3 is 2.38 bits per heavy atom. The molecule has 1 atom stereocenters. The highest BCUT2D eigenvalue weighted by molar-refractivity contribution is 7.89. The molecule has 0 aliphatic carbocycles. The lowest BCUT2D eigenvalue weighted by Crippen LogP contribution is -2.52. The van der Waals surface area contributed by atoms with Gasteiger partial charge < -0.3 is 15.7 Å². The molecular formula is C28H34F2N6O3S. The lowest BCUT2D eigenvalue weighted by Gasteiger charge is -2.40. The first-order chi connectivity index (χ1) is 19.0. The van der Waals surface area contributed by atoms with Gasteiger partial charge in [-0.25, -0.2) is 22.2 Å². The Bertz CT molecular complexity index is 1460. The molecule has 2 aliphatic rings. The number of sulfonamides is 1. The van der Waals surface area contributed by atoms with Crippen molar-refractivity contribution >= 4 is 33.2 Å². The zero-order valence-electron chi connectivity index (χ0n) is 22.6. The lowest BCUT2D eigenvalue weighted by atomic mass is 9.91. The van der Waals surface area contributed by atoms with Crippen molar-refractivity contribution in [3.63, 3.8) is 0 Å². The predicted molar refractivity (Wildman–Crippen MR) is 149 cm³/mol. The summed E-state index contributed by atoms with van der Waals surface area (Å²) < 4.78 is 55.9. The fraction of sp³-hybridized carbons (Fsp3) is 0.429. The number of aryl methyl sites for hydroxylation is 1. The van der Waals surface area contributed by atoms with Crippen LogP contribution in [0.2, 0.25) is 0 Å². The number of benzene rings is 2. The molecule has 0 amide bonds. The Kier molecular flexibility index (Phi) is 8.05. The molecule has 2 aromatic carbocycles. The molecule has 3 aromatic rings. The zero-order valence-corrected chi connectivity index (χ0v) is 23.4. The summed E-state index contributed by atoms with van der Waals surface area (Å²) in [5, 5.41) is 16.9. The molecule has 3 N–H and O–H groups in total. The van der Waals surface area contributed by atoms with Crippen LogP contribution in [0.15, 0.2) is 53.6 Å². The summed E-state index contributed by atoms with van der Waals surface area (Å²) in [6, 6.07) is 10.9. The second-order valence-electron chi connectivity index (χ2n) is 10.7. The van der Waals surface area contributed by atoms with Crippen LogP contribution in [0, 0.1) is 18.6 Å². The van der Waals surface area contributed by atoms with Crippen LogP contribution in [0.3, 0.4) is 0 Å². The van der Waals surface area contributed by atoms with Gasteiger partial charge in [-0.3, -0.25) is 4.90 Å². The van der Waals surface area contributed by atoms with Crippen LogP contribution >= 0.6 is 0 Å². The fourth-order valence-electron chi connectivity index (χ4n) is 5.27. The number of rotatable bonds is 8. The number of β-amino-alcohol motifs (C(OH)–C–C–N with tert-alkyl or cyclic N) is 1. The molecule has 9 nitrogen and oxygen atoms in total. The maximum Gasteiger partial charge on any atom is 0.243 e. The molecule has 2 aliphatic heterocycles. The van der Waals surface area contributed by atoms with Gasteiger partial charge in [0.25, 0.3) is 0 Å². The van der Waals surface area contributed by atoms with Crippen molar-refractivity contribution < 1.29 is 22.3 Å². The predicted octanol–water partition coefficient (Wildman–Crippen LogP) is 4.55. The zero-order chi connectivity index (χ0) is 28.5. The molecular weight excluding hydrogens is 538 g/mol. The Balaban J connectivity index is 1.22. The number of piperidine rings is 1. The second kappa shape index (κ2) is 11.4. The summed E-state index contributed by atoms with van der Waals surface area (Å²) in [7, 11) is -3.73. The van der Waals surface area contributed by atoms with E-state index < -0.39 is 21.4 Å². The number of hydrogen-bond donors (Lipinski definition) is 3. The third-order valence-corrected chi connectivity index (χ3v) is 9.67. The highest BCUT2D eigenvalue weighted by Crippen LogP contribution is 2.30. The maximum atomic E-state index is 14.3. The van der Waals surface area contributed by atoms with Crippen molar-refractivity contribution in [3.8, 4) is 0 Å². The monoisotopic (exact) mass is 572 g/mol. The van der Waals surface area contributed by atoms with E-state index in [1.54, 1.807) is 25.1 Å². The van der Waals surface area contributed by atoms with E-state index >= 15 is 0 Å². The SMILES string of the molecule is Cc1cc(Nc2nc(Nc3ccc(S(=O)(=O)N4CCC(O)(CN5CCC[C@H]5C)CC4)cc3)ncc2F)ccc1F. The molecule has 40 heavy (non-hydrogen) atoms. The average Bonchev–Trinajstić information content (AvgIpc) is 3.32. The fourth-order valence-corrected chi connectivity index (χ4v) is 6.71. The molecule has 0 bridgehead atoms. The van der Waals surface area contributed by atoms with Crippen LogP contribution in [0.5, 0.6) is 0 Å². The topological polar surface area (TPSA) is 111 Å². The summed E-state index contributed by atoms with van der Waals surface area (Å²) in [5.41, 5.74) is 0.516. The van der Waals surface area contributed by atoms with Gasteiger partial charge in [-0.15, -0.1) is 0 Å². The van der Waals surface area contributed by atoms with Gasteiger partial charge >= 0.3 is 0 Å². The quantitative estimate of drug-likeness (QED) is 0.361. The molecule has 0 saturated carbocycles. The molecule has 214 valence electrons. The van der Waals surface area contributed by atoms with Gasteiger partial charge in [-0.2, -0.15) is 9.29 Å². The molecule has 2 fully saturated rings. The maximum absolute atomic E-state index is 14.3. The third-order valence-electron chi connectivity index (χ3n) is 7.75. The smallest absolute Gasteiger partial charge is 0.243 e. The number of halogens is 2. The number of nitrogens with zero attached hydrogens (tertiary/aromatic N) is 4. The minimum atomic E-state index is -3.73. The van der Waals surface area contributed by atoms with Crippen molar-refractivity contribution in [2.24, 2.45) is 0 Å². The number of hydrogen-bond acceptors (Lipinski definition) is 8. The van der Waals surface area contributed by atoms with Gasteiger partial charge in [-0.05, 0) is 94.1 Å². The Morgan fingerprint density at radius 2 is 1.73 bits per heavy atom. The number of anilines is 4. The van der Waals surface area contributed by atoms with Crippen molar-refractivity contribution in [1.82, 2.24) is 19.2 Å².